The van der Waals surface area contributed by atoms with Gasteiger partial charge in [-0.1, -0.05) is 32.4 Å². The van der Waals surface area contributed by atoms with Gasteiger partial charge in [0, 0.05) is 16.7 Å². The summed E-state index contributed by atoms with van der Waals surface area (Å²) in [6.07, 6.45) is 2.37. The Morgan fingerprint density at radius 1 is 1.27 bits per heavy atom. The first-order valence-electron chi connectivity index (χ1n) is 5.48. The smallest absolute Gasteiger partial charge is 0.136 e. The quantitative estimate of drug-likeness (QED) is 0.718. The molecule has 1 aromatic rings. The SMILES string of the molecule is Cc1nc(C2(C)CC2)nc(Cl)c1C(C)C. The average molecular weight is 225 g/mol. The van der Waals surface area contributed by atoms with E-state index >= 15 is 0 Å². The number of rotatable bonds is 2. The van der Waals surface area contributed by atoms with E-state index in [0.717, 1.165) is 17.1 Å². The van der Waals surface area contributed by atoms with Crippen LogP contribution in [0.4, 0.5) is 0 Å². The first-order valence-corrected chi connectivity index (χ1v) is 5.86. The maximum Gasteiger partial charge on any atom is 0.136 e. The summed E-state index contributed by atoms with van der Waals surface area (Å²) in [5.41, 5.74) is 2.32. The van der Waals surface area contributed by atoms with Crippen LogP contribution in [-0.4, -0.2) is 9.97 Å². The van der Waals surface area contributed by atoms with Crippen molar-refractivity contribution in [1.82, 2.24) is 9.97 Å². The van der Waals surface area contributed by atoms with Crippen molar-refractivity contribution in [3.05, 3.63) is 22.2 Å². The minimum absolute atomic E-state index is 0.198. The lowest BCUT2D eigenvalue weighted by Crippen LogP contribution is -2.11. The lowest BCUT2D eigenvalue weighted by molar-refractivity contribution is 0.690. The van der Waals surface area contributed by atoms with Crippen LogP contribution in [0.25, 0.3) is 0 Å². The highest BCUT2D eigenvalue weighted by Crippen LogP contribution is 2.46. The van der Waals surface area contributed by atoms with Gasteiger partial charge in [-0.15, -0.1) is 0 Å². The van der Waals surface area contributed by atoms with Crippen LogP contribution in [0.1, 0.15) is 56.6 Å². The number of aromatic nitrogens is 2. The summed E-state index contributed by atoms with van der Waals surface area (Å²) in [6, 6.07) is 0. The van der Waals surface area contributed by atoms with Crippen molar-refractivity contribution in [2.45, 2.75) is 51.9 Å². The number of halogens is 1. The molecule has 1 fully saturated rings. The Hall–Kier alpha value is -0.630. The molecule has 1 heterocycles. The van der Waals surface area contributed by atoms with Gasteiger partial charge in [0.1, 0.15) is 11.0 Å². The molecule has 1 saturated carbocycles. The highest BCUT2D eigenvalue weighted by atomic mass is 35.5. The second-order valence-corrected chi connectivity index (χ2v) is 5.41. The topological polar surface area (TPSA) is 25.8 Å². The molecule has 0 aliphatic heterocycles. The molecule has 82 valence electrons. The Morgan fingerprint density at radius 3 is 2.27 bits per heavy atom. The predicted molar refractivity (Wildman–Crippen MR) is 62.5 cm³/mol. The molecule has 0 amide bonds. The predicted octanol–water partition coefficient (Wildman–Crippen LogP) is 3.61. The largest absolute Gasteiger partial charge is 0.237 e. The Labute approximate surface area is 96.1 Å². The third-order valence-corrected chi connectivity index (χ3v) is 3.50. The zero-order chi connectivity index (χ0) is 11.2. The van der Waals surface area contributed by atoms with E-state index in [1.165, 1.54) is 12.8 Å². The highest BCUT2D eigenvalue weighted by molar-refractivity contribution is 6.30. The summed E-state index contributed by atoms with van der Waals surface area (Å²) < 4.78 is 0. The fourth-order valence-electron chi connectivity index (χ4n) is 1.88. The Balaban J connectivity index is 2.48. The van der Waals surface area contributed by atoms with E-state index in [0.29, 0.717) is 11.1 Å². The Bertz CT molecular complexity index is 372. The van der Waals surface area contributed by atoms with Gasteiger partial charge in [-0.05, 0) is 25.7 Å². The van der Waals surface area contributed by atoms with Crippen molar-refractivity contribution >= 4 is 11.6 Å². The maximum atomic E-state index is 6.21. The van der Waals surface area contributed by atoms with Gasteiger partial charge in [-0.3, -0.25) is 0 Å². The van der Waals surface area contributed by atoms with E-state index in [1.807, 2.05) is 6.92 Å². The summed E-state index contributed by atoms with van der Waals surface area (Å²) in [4.78, 5) is 9.04. The average Bonchev–Trinajstić information content (AvgIpc) is 2.82. The van der Waals surface area contributed by atoms with Crippen LogP contribution in [0.5, 0.6) is 0 Å². The molecule has 1 aliphatic carbocycles. The van der Waals surface area contributed by atoms with Gasteiger partial charge < -0.3 is 0 Å². The maximum absolute atomic E-state index is 6.21. The second kappa shape index (κ2) is 3.44. The van der Waals surface area contributed by atoms with Crippen LogP contribution in [0.3, 0.4) is 0 Å². The summed E-state index contributed by atoms with van der Waals surface area (Å²) in [5.74, 6) is 1.31. The van der Waals surface area contributed by atoms with Crippen molar-refractivity contribution in [2.75, 3.05) is 0 Å². The fourth-order valence-corrected chi connectivity index (χ4v) is 2.32. The normalized spacial score (nSPS) is 18.3. The molecule has 2 nitrogen and oxygen atoms in total. The number of nitrogens with zero attached hydrogens (tertiary/aromatic N) is 2. The van der Waals surface area contributed by atoms with Gasteiger partial charge in [0.25, 0.3) is 0 Å². The molecule has 0 unspecified atom stereocenters. The molecule has 1 aromatic heterocycles. The molecule has 3 heteroatoms. The Morgan fingerprint density at radius 2 is 1.87 bits per heavy atom. The molecule has 0 saturated heterocycles. The zero-order valence-electron chi connectivity index (χ0n) is 9.76. The molecule has 1 aliphatic rings. The molecule has 0 bridgehead atoms. The van der Waals surface area contributed by atoms with Crippen molar-refractivity contribution < 1.29 is 0 Å². The Kier molecular flexibility index (Phi) is 2.50. The fraction of sp³-hybridized carbons (Fsp3) is 0.667. The number of aryl methyl sites for hydroxylation is 1. The van der Waals surface area contributed by atoms with Crippen LogP contribution in [0, 0.1) is 6.92 Å². The highest BCUT2D eigenvalue weighted by Gasteiger charge is 2.42. The molecule has 0 radical (unpaired) electrons. The van der Waals surface area contributed by atoms with Gasteiger partial charge >= 0.3 is 0 Å². The number of hydrogen-bond donors (Lipinski definition) is 0. The first kappa shape index (κ1) is 10.9. The van der Waals surface area contributed by atoms with Crippen molar-refractivity contribution in [1.29, 1.82) is 0 Å². The third kappa shape index (κ3) is 1.87. The van der Waals surface area contributed by atoms with Gasteiger partial charge in [-0.2, -0.15) is 0 Å². The van der Waals surface area contributed by atoms with E-state index in [9.17, 15) is 0 Å². The number of hydrogen-bond acceptors (Lipinski definition) is 2. The molecule has 0 aromatic carbocycles. The molecule has 0 N–H and O–H groups in total. The lowest BCUT2D eigenvalue weighted by atomic mass is 10.0. The van der Waals surface area contributed by atoms with Crippen molar-refractivity contribution in [3.8, 4) is 0 Å². The van der Waals surface area contributed by atoms with E-state index in [4.69, 9.17) is 11.6 Å². The first-order chi connectivity index (χ1) is 6.94. The lowest BCUT2D eigenvalue weighted by Gasteiger charge is -2.14. The van der Waals surface area contributed by atoms with Gasteiger partial charge in [0.05, 0.1) is 0 Å². The molecule has 0 spiro atoms. The minimum Gasteiger partial charge on any atom is -0.237 e. The summed E-state index contributed by atoms with van der Waals surface area (Å²) in [6.45, 7) is 8.47. The van der Waals surface area contributed by atoms with Crippen LogP contribution >= 0.6 is 11.6 Å². The van der Waals surface area contributed by atoms with Crippen molar-refractivity contribution in [3.63, 3.8) is 0 Å². The zero-order valence-corrected chi connectivity index (χ0v) is 10.5. The van der Waals surface area contributed by atoms with E-state index in [1.54, 1.807) is 0 Å². The standard InChI is InChI=1S/C12H17ClN2/c1-7(2)9-8(3)14-11(15-10(9)13)12(4)5-6-12/h7H,5-6H2,1-4H3. The van der Waals surface area contributed by atoms with Crippen LogP contribution in [0.2, 0.25) is 5.15 Å². The van der Waals surface area contributed by atoms with Gasteiger partial charge in [0.2, 0.25) is 0 Å². The van der Waals surface area contributed by atoms with Crippen molar-refractivity contribution in [2.24, 2.45) is 0 Å². The second-order valence-electron chi connectivity index (χ2n) is 5.05. The van der Waals surface area contributed by atoms with E-state index in [2.05, 4.69) is 30.7 Å². The summed E-state index contributed by atoms with van der Waals surface area (Å²) in [5, 5.41) is 0.639. The van der Waals surface area contributed by atoms with Crippen LogP contribution < -0.4 is 0 Å². The summed E-state index contributed by atoms with van der Waals surface area (Å²) >= 11 is 6.21. The minimum atomic E-state index is 0.198. The van der Waals surface area contributed by atoms with Gasteiger partial charge in [-0.25, -0.2) is 9.97 Å². The third-order valence-electron chi connectivity index (χ3n) is 3.21. The van der Waals surface area contributed by atoms with E-state index < -0.39 is 0 Å². The van der Waals surface area contributed by atoms with Gasteiger partial charge in [0.15, 0.2) is 0 Å². The monoisotopic (exact) mass is 224 g/mol. The molecular weight excluding hydrogens is 208 g/mol. The van der Waals surface area contributed by atoms with Crippen LogP contribution in [0.15, 0.2) is 0 Å². The molecule has 15 heavy (non-hydrogen) atoms. The molecule has 2 rings (SSSR count). The van der Waals surface area contributed by atoms with Crippen LogP contribution in [-0.2, 0) is 5.41 Å². The summed E-state index contributed by atoms with van der Waals surface area (Å²) in [7, 11) is 0. The molecule has 0 atom stereocenters. The van der Waals surface area contributed by atoms with E-state index in [-0.39, 0.29) is 5.41 Å². The molecular formula is C12H17ClN2.